The fourth-order valence-electron chi connectivity index (χ4n) is 2.32. The molecule has 1 amide bonds. The van der Waals surface area contributed by atoms with Gasteiger partial charge in [0.15, 0.2) is 0 Å². The molecule has 4 heteroatoms. The fraction of sp³-hybridized carbons (Fsp3) is 0.923. The number of alkyl carbamates (subject to hydrolysis) is 1. The molecular weight excluding hydrogens is 216 g/mol. The van der Waals surface area contributed by atoms with E-state index >= 15 is 0 Å². The van der Waals surface area contributed by atoms with Gasteiger partial charge in [-0.15, -0.1) is 0 Å². The molecule has 1 heterocycles. The first-order chi connectivity index (χ1) is 7.79. The molecule has 2 unspecified atom stereocenters. The zero-order valence-corrected chi connectivity index (χ0v) is 11.7. The van der Waals surface area contributed by atoms with Gasteiger partial charge >= 0.3 is 6.09 Å². The minimum atomic E-state index is -0.421. The third kappa shape index (κ3) is 4.94. The number of carbonyl (C=O) groups is 1. The summed E-state index contributed by atoms with van der Waals surface area (Å²) >= 11 is 0. The van der Waals surface area contributed by atoms with Crippen molar-refractivity contribution in [1.29, 1.82) is 0 Å². The second kappa shape index (κ2) is 5.71. The van der Waals surface area contributed by atoms with Gasteiger partial charge in [0.25, 0.3) is 0 Å². The van der Waals surface area contributed by atoms with E-state index in [1.807, 2.05) is 20.8 Å². The van der Waals surface area contributed by atoms with E-state index in [-0.39, 0.29) is 6.09 Å². The van der Waals surface area contributed by atoms with Crippen LogP contribution in [0, 0.1) is 17.8 Å². The van der Waals surface area contributed by atoms with E-state index in [9.17, 15) is 4.79 Å². The van der Waals surface area contributed by atoms with E-state index in [0.717, 1.165) is 13.1 Å². The summed E-state index contributed by atoms with van der Waals surface area (Å²) in [5.41, 5.74) is -0.421. The third-order valence-corrected chi connectivity index (χ3v) is 3.28. The van der Waals surface area contributed by atoms with Crippen LogP contribution in [0.2, 0.25) is 0 Å². The zero-order valence-electron chi connectivity index (χ0n) is 11.7. The first-order valence-electron chi connectivity index (χ1n) is 6.47. The Labute approximate surface area is 104 Å². The Hall–Kier alpha value is -0.770. The van der Waals surface area contributed by atoms with E-state index < -0.39 is 5.60 Å². The summed E-state index contributed by atoms with van der Waals surface area (Å²) < 4.78 is 5.23. The van der Waals surface area contributed by atoms with Crippen LogP contribution in [0.15, 0.2) is 0 Å². The molecule has 100 valence electrons. The van der Waals surface area contributed by atoms with E-state index in [0.29, 0.717) is 24.3 Å². The van der Waals surface area contributed by atoms with Crippen LogP contribution < -0.4 is 10.6 Å². The van der Waals surface area contributed by atoms with E-state index in [2.05, 4.69) is 24.5 Å². The highest BCUT2D eigenvalue weighted by molar-refractivity contribution is 5.67. The maximum Gasteiger partial charge on any atom is 0.407 e. The molecule has 0 aliphatic carbocycles. The Morgan fingerprint density at radius 1 is 1.29 bits per heavy atom. The van der Waals surface area contributed by atoms with Crippen molar-refractivity contribution in [1.82, 2.24) is 10.6 Å². The van der Waals surface area contributed by atoms with Crippen molar-refractivity contribution in [2.45, 2.75) is 40.2 Å². The standard InChI is InChI=1S/C13H26N2O2/c1-9-6-14-7-10(2)11(9)8-15-12(16)17-13(3,4)5/h9-11,14H,6-8H2,1-5H3,(H,15,16). The lowest BCUT2D eigenvalue weighted by Crippen LogP contribution is -2.46. The topological polar surface area (TPSA) is 50.4 Å². The quantitative estimate of drug-likeness (QED) is 0.778. The van der Waals surface area contributed by atoms with Gasteiger partial charge in [-0.2, -0.15) is 0 Å². The number of carbonyl (C=O) groups excluding carboxylic acids is 1. The van der Waals surface area contributed by atoms with Gasteiger partial charge in [-0.3, -0.25) is 0 Å². The van der Waals surface area contributed by atoms with Crippen molar-refractivity contribution >= 4 is 6.09 Å². The summed E-state index contributed by atoms with van der Waals surface area (Å²) in [5, 5.41) is 6.28. The molecular formula is C13H26N2O2. The first kappa shape index (κ1) is 14.3. The molecule has 17 heavy (non-hydrogen) atoms. The summed E-state index contributed by atoms with van der Waals surface area (Å²) in [6.07, 6.45) is -0.310. The lowest BCUT2D eigenvalue weighted by Gasteiger charge is -2.35. The van der Waals surface area contributed by atoms with Gasteiger partial charge in [-0.25, -0.2) is 4.79 Å². The summed E-state index contributed by atoms with van der Waals surface area (Å²) in [7, 11) is 0. The average molecular weight is 242 g/mol. The number of ether oxygens (including phenoxy) is 1. The van der Waals surface area contributed by atoms with Crippen molar-refractivity contribution in [2.75, 3.05) is 19.6 Å². The maximum absolute atomic E-state index is 11.6. The summed E-state index contributed by atoms with van der Waals surface area (Å²) in [6.45, 7) is 12.9. The highest BCUT2D eigenvalue weighted by Gasteiger charge is 2.28. The number of hydrogen-bond donors (Lipinski definition) is 2. The predicted molar refractivity (Wildman–Crippen MR) is 68.9 cm³/mol. The number of hydrogen-bond acceptors (Lipinski definition) is 3. The van der Waals surface area contributed by atoms with E-state index in [1.165, 1.54) is 0 Å². The summed E-state index contributed by atoms with van der Waals surface area (Å²) in [5.74, 6) is 1.71. The molecule has 0 aromatic carbocycles. The maximum atomic E-state index is 11.6. The SMILES string of the molecule is CC1CNCC(C)C1CNC(=O)OC(C)(C)C. The van der Waals surface area contributed by atoms with Crippen molar-refractivity contribution < 1.29 is 9.53 Å². The second-order valence-electron chi connectivity index (χ2n) is 6.16. The minimum Gasteiger partial charge on any atom is -0.444 e. The molecule has 0 radical (unpaired) electrons. The molecule has 1 aliphatic rings. The van der Waals surface area contributed by atoms with Crippen molar-refractivity contribution in [3.63, 3.8) is 0 Å². The van der Waals surface area contributed by atoms with E-state index in [1.54, 1.807) is 0 Å². The van der Waals surface area contributed by atoms with E-state index in [4.69, 9.17) is 4.74 Å². The van der Waals surface area contributed by atoms with Crippen LogP contribution in [0.4, 0.5) is 4.79 Å². The third-order valence-electron chi connectivity index (χ3n) is 3.28. The highest BCUT2D eigenvalue weighted by atomic mass is 16.6. The molecule has 0 spiro atoms. The summed E-state index contributed by atoms with van der Waals surface area (Å²) in [4.78, 5) is 11.6. The van der Waals surface area contributed by atoms with Crippen LogP contribution in [-0.4, -0.2) is 31.3 Å². The summed E-state index contributed by atoms with van der Waals surface area (Å²) in [6, 6.07) is 0. The fourth-order valence-corrected chi connectivity index (χ4v) is 2.32. The van der Waals surface area contributed by atoms with Crippen LogP contribution in [0.25, 0.3) is 0 Å². The Morgan fingerprint density at radius 2 is 1.82 bits per heavy atom. The Balaban J connectivity index is 2.36. The normalized spacial score (nSPS) is 29.8. The van der Waals surface area contributed by atoms with Crippen LogP contribution in [0.5, 0.6) is 0 Å². The van der Waals surface area contributed by atoms with Gasteiger partial charge in [0.1, 0.15) is 5.60 Å². The molecule has 1 saturated heterocycles. The number of amides is 1. The van der Waals surface area contributed by atoms with Crippen LogP contribution >= 0.6 is 0 Å². The smallest absolute Gasteiger partial charge is 0.407 e. The number of rotatable bonds is 2. The van der Waals surface area contributed by atoms with Gasteiger partial charge in [0.2, 0.25) is 0 Å². The van der Waals surface area contributed by atoms with Crippen molar-refractivity contribution in [3.8, 4) is 0 Å². The molecule has 2 atom stereocenters. The largest absolute Gasteiger partial charge is 0.444 e. The Bertz CT molecular complexity index is 251. The van der Waals surface area contributed by atoms with Crippen LogP contribution in [0.3, 0.4) is 0 Å². The lowest BCUT2D eigenvalue weighted by molar-refractivity contribution is 0.0499. The second-order valence-corrected chi connectivity index (χ2v) is 6.16. The minimum absolute atomic E-state index is 0.310. The first-order valence-corrected chi connectivity index (χ1v) is 6.47. The van der Waals surface area contributed by atoms with Gasteiger partial charge in [0.05, 0.1) is 0 Å². The monoisotopic (exact) mass is 242 g/mol. The predicted octanol–water partition coefficient (Wildman–Crippen LogP) is 2.00. The molecule has 2 N–H and O–H groups in total. The molecule has 4 nitrogen and oxygen atoms in total. The van der Waals surface area contributed by atoms with Crippen molar-refractivity contribution in [3.05, 3.63) is 0 Å². The number of piperidine rings is 1. The van der Waals surface area contributed by atoms with Gasteiger partial charge in [-0.1, -0.05) is 13.8 Å². The highest BCUT2D eigenvalue weighted by Crippen LogP contribution is 2.23. The van der Waals surface area contributed by atoms with Gasteiger partial charge in [0, 0.05) is 6.54 Å². The Morgan fingerprint density at radius 3 is 2.29 bits per heavy atom. The zero-order chi connectivity index (χ0) is 13.1. The molecule has 0 aromatic heterocycles. The lowest BCUT2D eigenvalue weighted by atomic mass is 9.80. The molecule has 0 bridgehead atoms. The van der Waals surface area contributed by atoms with Gasteiger partial charge < -0.3 is 15.4 Å². The number of nitrogens with one attached hydrogen (secondary N) is 2. The molecule has 1 fully saturated rings. The molecule has 1 rings (SSSR count). The van der Waals surface area contributed by atoms with Crippen molar-refractivity contribution in [2.24, 2.45) is 17.8 Å². The Kier molecular flexibility index (Phi) is 4.80. The van der Waals surface area contributed by atoms with Crippen LogP contribution in [-0.2, 0) is 4.74 Å². The molecule has 0 saturated carbocycles. The van der Waals surface area contributed by atoms with Gasteiger partial charge in [-0.05, 0) is 51.6 Å². The molecule has 0 aromatic rings. The van der Waals surface area contributed by atoms with Crippen LogP contribution in [0.1, 0.15) is 34.6 Å². The average Bonchev–Trinajstić information content (AvgIpc) is 2.14. The molecule has 1 aliphatic heterocycles.